The number of sulfonamides is 1. The van der Waals surface area contributed by atoms with E-state index in [1.54, 1.807) is 38.4 Å². The Labute approximate surface area is 207 Å². The topological polar surface area (TPSA) is 101 Å². The summed E-state index contributed by atoms with van der Waals surface area (Å²) in [6.07, 6.45) is 1.84. The minimum atomic E-state index is -3.54. The zero-order valence-electron chi connectivity index (χ0n) is 18.3. The maximum Gasteiger partial charge on any atom is 0.240 e. The number of benzene rings is 2. The van der Waals surface area contributed by atoms with Crippen molar-refractivity contribution in [1.29, 1.82) is 0 Å². The fourth-order valence-corrected chi connectivity index (χ4v) is 4.28. The van der Waals surface area contributed by atoms with Crippen LogP contribution in [0.15, 0.2) is 58.4 Å². The van der Waals surface area contributed by atoms with Crippen LogP contribution in [0.2, 0.25) is 0 Å². The minimum Gasteiger partial charge on any atom is -0.497 e. The average Bonchev–Trinajstić information content (AvgIpc) is 3.32. The van der Waals surface area contributed by atoms with Crippen LogP contribution >= 0.6 is 24.0 Å². The Kier molecular flexibility index (Phi) is 10.7. The van der Waals surface area contributed by atoms with Gasteiger partial charge in [-0.1, -0.05) is 24.3 Å². The van der Waals surface area contributed by atoms with E-state index in [0.717, 1.165) is 29.7 Å². The van der Waals surface area contributed by atoms with Crippen molar-refractivity contribution in [2.45, 2.75) is 36.9 Å². The van der Waals surface area contributed by atoms with Crippen LogP contribution in [0.25, 0.3) is 0 Å². The minimum absolute atomic E-state index is 0. The number of hydrogen-bond acceptors (Lipinski definition) is 5. The van der Waals surface area contributed by atoms with Crippen LogP contribution in [0.4, 0.5) is 0 Å². The van der Waals surface area contributed by atoms with Gasteiger partial charge in [-0.25, -0.2) is 13.1 Å². The van der Waals surface area contributed by atoms with Crippen molar-refractivity contribution in [2.75, 3.05) is 27.3 Å². The first kappa shape index (κ1) is 26.4. The molecule has 3 rings (SSSR count). The summed E-state index contributed by atoms with van der Waals surface area (Å²) in [6.45, 7) is 2.15. The molecule has 1 atom stereocenters. The first-order valence-corrected chi connectivity index (χ1v) is 11.8. The molecule has 3 N–H and O–H groups in total. The van der Waals surface area contributed by atoms with Gasteiger partial charge in [-0.3, -0.25) is 4.99 Å². The molecule has 2 aromatic carbocycles. The molecular formula is C22H31IN4O4S. The predicted molar refractivity (Wildman–Crippen MR) is 136 cm³/mol. The Morgan fingerprint density at radius 1 is 1.06 bits per heavy atom. The zero-order valence-corrected chi connectivity index (χ0v) is 21.5. The molecule has 1 heterocycles. The molecule has 0 saturated carbocycles. The highest BCUT2D eigenvalue weighted by molar-refractivity contribution is 14.0. The molecule has 8 nitrogen and oxygen atoms in total. The maximum atomic E-state index is 12.5. The van der Waals surface area contributed by atoms with Crippen LogP contribution in [-0.2, 0) is 27.8 Å². The van der Waals surface area contributed by atoms with Gasteiger partial charge in [-0.05, 0) is 48.2 Å². The van der Waals surface area contributed by atoms with E-state index in [-0.39, 0.29) is 35.0 Å². The second-order valence-corrected chi connectivity index (χ2v) is 9.03. The third kappa shape index (κ3) is 7.91. The molecule has 2 aromatic rings. The molecule has 0 radical (unpaired) electrons. The van der Waals surface area contributed by atoms with Crippen molar-refractivity contribution >= 4 is 40.0 Å². The summed E-state index contributed by atoms with van der Waals surface area (Å²) in [5, 5.41) is 6.48. The number of rotatable bonds is 9. The van der Waals surface area contributed by atoms with Gasteiger partial charge in [0.25, 0.3) is 0 Å². The van der Waals surface area contributed by atoms with Gasteiger partial charge >= 0.3 is 0 Å². The smallest absolute Gasteiger partial charge is 0.240 e. The Morgan fingerprint density at radius 2 is 1.66 bits per heavy atom. The average molecular weight is 574 g/mol. The lowest BCUT2D eigenvalue weighted by atomic mass is 10.2. The number of nitrogens with zero attached hydrogens (tertiary/aromatic N) is 1. The monoisotopic (exact) mass is 574 g/mol. The van der Waals surface area contributed by atoms with Crippen LogP contribution in [0.3, 0.4) is 0 Å². The van der Waals surface area contributed by atoms with Crippen LogP contribution < -0.4 is 20.1 Å². The molecule has 1 aliphatic rings. The maximum absolute atomic E-state index is 12.5. The van der Waals surface area contributed by atoms with E-state index >= 15 is 0 Å². The lowest BCUT2D eigenvalue weighted by Crippen LogP contribution is -2.36. The number of halogens is 1. The molecule has 1 unspecified atom stereocenters. The number of nitrogens with one attached hydrogen (secondary N) is 3. The van der Waals surface area contributed by atoms with Gasteiger partial charge in [0.1, 0.15) is 5.75 Å². The van der Waals surface area contributed by atoms with Crippen LogP contribution in [0, 0.1) is 0 Å². The van der Waals surface area contributed by atoms with Crippen LogP contribution in [-0.4, -0.2) is 47.8 Å². The Morgan fingerprint density at radius 3 is 2.16 bits per heavy atom. The summed E-state index contributed by atoms with van der Waals surface area (Å²) in [7, 11) is -0.191. The summed E-state index contributed by atoms with van der Waals surface area (Å²) in [5.41, 5.74) is 2.05. The standard InChI is InChI=1S/C22H30N4O4S.HI/c1-23-22(24-14-17-5-9-19(29-2)10-6-17)25-15-18-7-11-21(12-8-18)31(27,28)26-16-20-4-3-13-30-20;/h5-12,20,26H,3-4,13-16H2,1-2H3,(H2,23,24,25);1H. The summed E-state index contributed by atoms with van der Waals surface area (Å²) in [5.74, 6) is 1.48. The van der Waals surface area contributed by atoms with E-state index in [2.05, 4.69) is 20.3 Å². The van der Waals surface area contributed by atoms with Crippen LogP contribution in [0.5, 0.6) is 5.75 Å². The van der Waals surface area contributed by atoms with Crippen molar-refractivity contribution in [3.8, 4) is 5.75 Å². The Balaban J connectivity index is 0.00000363. The third-order valence-electron chi connectivity index (χ3n) is 5.06. The molecule has 0 aliphatic carbocycles. The van der Waals surface area contributed by atoms with E-state index in [4.69, 9.17) is 9.47 Å². The Hall–Kier alpha value is -1.89. The van der Waals surface area contributed by atoms with Crippen molar-refractivity contribution in [1.82, 2.24) is 15.4 Å². The Bertz CT molecular complexity index is 960. The van der Waals surface area contributed by atoms with Gasteiger partial charge in [-0.15, -0.1) is 24.0 Å². The third-order valence-corrected chi connectivity index (χ3v) is 6.50. The predicted octanol–water partition coefficient (Wildman–Crippen LogP) is 2.64. The number of ether oxygens (including phenoxy) is 2. The van der Waals surface area contributed by atoms with Crippen molar-refractivity contribution < 1.29 is 17.9 Å². The second kappa shape index (κ2) is 13.0. The number of hydrogen-bond donors (Lipinski definition) is 3. The van der Waals surface area contributed by atoms with Gasteiger partial charge in [-0.2, -0.15) is 0 Å². The number of methoxy groups -OCH3 is 1. The van der Waals surface area contributed by atoms with Gasteiger partial charge in [0.15, 0.2) is 5.96 Å². The van der Waals surface area contributed by atoms with Gasteiger partial charge in [0.2, 0.25) is 10.0 Å². The summed E-state index contributed by atoms with van der Waals surface area (Å²) >= 11 is 0. The lowest BCUT2D eigenvalue weighted by molar-refractivity contribution is 0.114. The van der Waals surface area contributed by atoms with E-state index in [9.17, 15) is 8.42 Å². The largest absolute Gasteiger partial charge is 0.497 e. The highest BCUT2D eigenvalue weighted by Gasteiger charge is 2.20. The van der Waals surface area contributed by atoms with Crippen LogP contribution in [0.1, 0.15) is 24.0 Å². The molecule has 0 spiro atoms. The summed E-state index contributed by atoms with van der Waals surface area (Å²) in [6, 6.07) is 14.6. The van der Waals surface area contributed by atoms with E-state index in [0.29, 0.717) is 32.2 Å². The summed E-state index contributed by atoms with van der Waals surface area (Å²) in [4.78, 5) is 4.47. The molecule has 0 amide bonds. The first-order chi connectivity index (χ1) is 15.0. The quantitative estimate of drug-likeness (QED) is 0.242. The highest BCUT2D eigenvalue weighted by atomic mass is 127. The van der Waals surface area contributed by atoms with Crippen molar-refractivity contribution in [3.63, 3.8) is 0 Å². The van der Waals surface area contributed by atoms with E-state index < -0.39 is 10.0 Å². The molecule has 0 aromatic heterocycles. The fraction of sp³-hybridized carbons (Fsp3) is 0.409. The zero-order chi connectivity index (χ0) is 22.1. The van der Waals surface area contributed by atoms with E-state index in [1.807, 2.05) is 24.3 Å². The SMILES string of the molecule is CN=C(NCc1ccc(OC)cc1)NCc1ccc(S(=O)(=O)NCC2CCCO2)cc1.I. The number of guanidine groups is 1. The molecule has 1 aliphatic heterocycles. The second-order valence-electron chi connectivity index (χ2n) is 7.26. The molecule has 176 valence electrons. The molecular weight excluding hydrogens is 543 g/mol. The fourth-order valence-electron chi connectivity index (χ4n) is 3.21. The van der Waals surface area contributed by atoms with Crippen molar-refractivity contribution in [2.24, 2.45) is 4.99 Å². The first-order valence-electron chi connectivity index (χ1n) is 10.3. The molecule has 1 fully saturated rings. The normalized spacial score (nSPS) is 16.3. The molecule has 0 bridgehead atoms. The molecule has 1 saturated heterocycles. The molecule has 32 heavy (non-hydrogen) atoms. The van der Waals surface area contributed by atoms with Crippen molar-refractivity contribution in [3.05, 3.63) is 59.7 Å². The van der Waals surface area contributed by atoms with Gasteiger partial charge in [0.05, 0.1) is 18.1 Å². The highest BCUT2D eigenvalue weighted by Crippen LogP contribution is 2.14. The summed E-state index contributed by atoms with van der Waals surface area (Å²) < 4.78 is 38.2. The lowest BCUT2D eigenvalue weighted by Gasteiger charge is -2.13. The van der Waals surface area contributed by atoms with Gasteiger partial charge < -0.3 is 20.1 Å². The molecule has 10 heteroatoms. The van der Waals surface area contributed by atoms with Gasteiger partial charge in [0, 0.05) is 33.3 Å². The number of aliphatic imine (C=N–C) groups is 1. The van der Waals surface area contributed by atoms with E-state index in [1.165, 1.54) is 0 Å².